The maximum Gasteiger partial charge on any atom is 0.338 e. The van der Waals surface area contributed by atoms with Crippen molar-refractivity contribution in [2.24, 2.45) is 5.73 Å². The summed E-state index contributed by atoms with van der Waals surface area (Å²) in [7, 11) is 1.39. The fraction of sp³-hybridized carbons (Fsp3) is 0.438. The van der Waals surface area contributed by atoms with Gasteiger partial charge < -0.3 is 24.9 Å². The van der Waals surface area contributed by atoms with Crippen molar-refractivity contribution in [3.05, 3.63) is 75.1 Å². The summed E-state index contributed by atoms with van der Waals surface area (Å²) in [4.78, 5) is 33.0. The van der Waals surface area contributed by atoms with E-state index in [0.717, 1.165) is 53.6 Å². The van der Waals surface area contributed by atoms with Gasteiger partial charge in [-0.2, -0.15) is 0 Å². The van der Waals surface area contributed by atoms with E-state index in [1.54, 1.807) is 12.3 Å². The molecule has 9 nitrogen and oxygen atoms in total. The quantitative estimate of drug-likeness (QED) is 0.119. The average molecular weight is 559 g/mol. The van der Waals surface area contributed by atoms with Gasteiger partial charge >= 0.3 is 11.9 Å². The van der Waals surface area contributed by atoms with E-state index in [1.165, 1.54) is 25.5 Å². The first kappa shape index (κ1) is 28.5. The molecule has 5 rings (SSSR count). The molecule has 0 aliphatic heterocycles. The lowest BCUT2D eigenvalue weighted by Gasteiger charge is -2.28. The van der Waals surface area contributed by atoms with Crippen LogP contribution in [0.2, 0.25) is 0 Å². The predicted octanol–water partition coefficient (Wildman–Crippen LogP) is 5.67. The van der Waals surface area contributed by atoms with E-state index >= 15 is 0 Å². The van der Waals surface area contributed by atoms with E-state index in [-0.39, 0.29) is 31.6 Å². The Kier molecular flexibility index (Phi) is 8.54. The van der Waals surface area contributed by atoms with Crippen molar-refractivity contribution in [3.8, 4) is 11.4 Å². The zero-order valence-electron chi connectivity index (χ0n) is 24.0. The molecule has 2 fully saturated rings. The smallest absolute Gasteiger partial charge is 0.338 e. The van der Waals surface area contributed by atoms with Crippen LogP contribution in [-0.4, -0.2) is 48.1 Å². The van der Waals surface area contributed by atoms with E-state index in [0.29, 0.717) is 34.4 Å². The molecule has 0 saturated heterocycles. The number of aryl methyl sites for hydroxylation is 2. The van der Waals surface area contributed by atoms with E-state index in [1.807, 2.05) is 26.0 Å². The number of H-pyrrole nitrogens is 1. The number of nitrogen functional groups attached to an aromatic ring is 1. The summed E-state index contributed by atoms with van der Waals surface area (Å²) >= 11 is 0. The number of carbonyl (C=O) groups excluding carboxylic acids is 2. The number of aromatic amines is 1. The normalized spacial score (nSPS) is 15.2. The number of benzene rings is 2. The molecule has 0 radical (unpaired) electrons. The third-order valence-corrected chi connectivity index (χ3v) is 8.40. The highest BCUT2D eigenvalue weighted by Gasteiger charge is 2.27. The molecule has 41 heavy (non-hydrogen) atoms. The highest BCUT2D eigenvalue weighted by Crippen LogP contribution is 2.42. The van der Waals surface area contributed by atoms with Crippen molar-refractivity contribution in [3.63, 3.8) is 0 Å². The number of ether oxygens (including phenoxy) is 3. The van der Waals surface area contributed by atoms with Gasteiger partial charge in [0.15, 0.2) is 0 Å². The summed E-state index contributed by atoms with van der Waals surface area (Å²) in [6, 6.07) is 7.62. The Balaban J connectivity index is 1.19. The van der Waals surface area contributed by atoms with Crippen LogP contribution in [-0.2, 0) is 20.8 Å². The van der Waals surface area contributed by atoms with Crippen LogP contribution in [0.25, 0.3) is 11.4 Å². The van der Waals surface area contributed by atoms with Gasteiger partial charge in [-0.1, -0.05) is 25.0 Å². The number of nitrogens with two attached hydrogens (primary N) is 1. The molecule has 0 unspecified atom stereocenters. The second-order valence-corrected chi connectivity index (χ2v) is 11.1. The van der Waals surface area contributed by atoms with Crippen molar-refractivity contribution in [1.29, 1.82) is 5.41 Å². The topological polar surface area (TPSA) is 140 Å². The number of methoxy groups -OCH3 is 1. The van der Waals surface area contributed by atoms with Crippen LogP contribution in [0.15, 0.2) is 30.5 Å². The SMILES string of the molecule is COC(=O)c1cc(-c2ncc(COCCOC(=O)c3cc(C(=N)N)c(C4CCC4)cc3C)[nH]2)c(C2CCC2)cc1C. The molecular formula is C32H38N4O5. The minimum atomic E-state index is -0.457. The molecule has 2 aliphatic carbocycles. The van der Waals surface area contributed by atoms with Crippen LogP contribution in [0.5, 0.6) is 0 Å². The van der Waals surface area contributed by atoms with Gasteiger partial charge in [0.2, 0.25) is 0 Å². The Morgan fingerprint density at radius 2 is 1.56 bits per heavy atom. The maximum absolute atomic E-state index is 12.8. The van der Waals surface area contributed by atoms with Gasteiger partial charge in [-0.15, -0.1) is 0 Å². The number of hydrogen-bond donors (Lipinski definition) is 3. The first-order valence-electron chi connectivity index (χ1n) is 14.3. The molecule has 0 amide bonds. The number of nitrogens with zero attached hydrogens (tertiary/aromatic N) is 1. The lowest BCUT2D eigenvalue weighted by molar-refractivity contribution is 0.0283. The summed E-state index contributed by atoms with van der Waals surface area (Å²) in [5, 5.41) is 7.98. The van der Waals surface area contributed by atoms with E-state index < -0.39 is 5.97 Å². The lowest BCUT2D eigenvalue weighted by atomic mass is 9.77. The Morgan fingerprint density at radius 3 is 2.17 bits per heavy atom. The molecule has 3 aromatic rings. The van der Waals surface area contributed by atoms with E-state index in [9.17, 15) is 9.59 Å². The van der Waals surface area contributed by atoms with Crippen LogP contribution in [0, 0.1) is 19.3 Å². The largest absolute Gasteiger partial charge is 0.465 e. The fourth-order valence-electron chi connectivity index (χ4n) is 5.59. The third-order valence-electron chi connectivity index (χ3n) is 8.40. The zero-order valence-corrected chi connectivity index (χ0v) is 24.0. The van der Waals surface area contributed by atoms with Gasteiger partial charge in [0.05, 0.1) is 43.3 Å². The molecule has 1 heterocycles. The second-order valence-electron chi connectivity index (χ2n) is 11.1. The summed E-state index contributed by atoms with van der Waals surface area (Å²) in [5.41, 5.74) is 13.0. The Bertz CT molecular complexity index is 1470. The molecule has 4 N–H and O–H groups in total. The van der Waals surface area contributed by atoms with Crippen molar-refractivity contribution >= 4 is 17.8 Å². The average Bonchev–Trinajstić information content (AvgIpc) is 3.34. The zero-order chi connectivity index (χ0) is 29.1. The first-order chi connectivity index (χ1) is 19.8. The molecule has 216 valence electrons. The molecule has 0 atom stereocenters. The van der Waals surface area contributed by atoms with E-state index in [4.69, 9.17) is 25.4 Å². The van der Waals surface area contributed by atoms with Gasteiger partial charge in [0.25, 0.3) is 0 Å². The Morgan fingerprint density at radius 1 is 0.927 bits per heavy atom. The monoisotopic (exact) mass is 558 g/mol. The maximum atomic E-state index is 12.8. The first-order valence-corrected chi connectivity index (χ1v) is 14.3. The minimum absolute atomic E-state index is 0.0322. The predicted molar refractivity (Wildman–Crippen MR) is 155 cm³/mol. The van der Waals surface area contributed by atoms with Gasteiger partial charge in [-0.3, -0.25) is 5.41 Å². The highest BCUT2D eigenvalue weighted by molar-refractivity contribution is 6.00. The van der Waals surface area contributed by atoms with Crippen molar-refractivity contribution in [2.75, 3.05) is 20.3 Å². The molecule has 9 heteroatoms. The van der Waals surface area contributed by atoms with Crippen LogP contribution in [0.4, 0.5) is 0 Å². The number of esters is 2. The molecule has 1 aromatic heterocycles. The Labute approximate surface area is 240 Å². The fourth-order valence-corrected chi connectivity index (χ4v) is 5.59. The van der Waals surface area contributed by atoms with Gasteiger partial charge in [0.1, 0.15) is 18.3 Å². The lowest BCUT2D eigenvalue weighted by Crippen LogP contribution is -2.21. The molecule has 0 bridgehead atoms. The Hall–Kier alpha value is -3.98. The third kappa shape index (κ3) is 6.05. The second kappa shape index (κ2) is 12.3. The summed E-state index contributed by atoms with van der Waals surface area (Å²) in [6.45, 7) is 4.38. The van der Waals surface area contributed by atoms with Crippen LogP contribution < -0.4 is 5.73 Å². The van der Waals surface area contributed by atoms with Gasteiger partial charge in [0, 0.05) is 11.1 Å². The summed E-state index contributed by atoms with van der Waals surface area (Å²) < 4.78 is 16.2. The van der Waals surface area contributed by atoms with Crippen LogP contribution in [0.1, 0.15) is 105 Å². The number of rotatable bonds is 11. The number of amidine groups is 1. The van der Waals surface area contributed by atoms with Crippen molar-refractivity contribution < 1.29 is 23.8 Å². The highest BCUT2D eigenvalue weighted by atomic mass is 16.6. The van der Waals surface area contributed by atoms with E-state index in [2.05, 4.69) is 16.0 Å². The molecule has 2 aromatic carbocycles. The molecule has 0 spiro atoms. The summed E-state index contributed by atoms with van der Waals surface area (Å²) in [6.07, 6.45) is 8.51. The van der Waals surface area contributed by atoms with Crippen LogP contribution in [0.3, 0.4) is 0 Å². The number of hydrogen-bond acceptors (Lipinski definition) is 7. The molecular weight excluding hydrogens is 520 g/mol. The number of carbonyl (C=O) groups is 2. The summed E-state index contributed by atoms with van der Waals surface area (Å²) in [5.74, 6) is 0.691. The van der Waals surface area contributed by atoms with Crippen molar-refractivity contribution in [1.82, 2.24) is 9.97 Å². The number of aromatic nitrogens is 2. The van der Waals surface area contributed by atoms with Crippen LogP contribution >= 0.6 is 0 Å². The van der Waals surface area contributed by atoms with Gasteiger partial charge in [-0.25, -0.2) is 14.6 Å². The standard InChI is InChI=1S/C32H38N4O5/c1-18-13-26(21-8-5-9-21)28(15-23(18)31(37)39-3)30-35-16-22(36-30)17-40-10-11-41-32(38)24-14-27(29(33)34)25(12-19(24)2)20-6-4-7-20/h12-16,20-21H,4-11,17H2,1-3H3,(H3,33,34)(H,35,36). The molecule has 2 saturated carbocycles. The van der Waals surface area contributed by atoms with Gasteiger partial charge in [-0.05, 0) is 85.8 Å². The van der Waals surface area contributed by atoms with Crippen molar-refractivity contribution in [2.45, 2.75) is 70.8 Å². The minimum Gasteiger partial charge on any atom is -0.465 e. The number of imidazole rings is 1. The number of nitrogens with one attached hydrogen (secondary N) is 2. The molecule has 2 aliphatic rings.